The highest BCUT2D eigenvalue weighted by atomic mass is 16.5. The zero-order chi connectivity index (χ0) is 17.7. The van der Waals surface area contributed by atoms with Crippen LogP contribution in [-0.2, 0) is 16.1 Å². The Labute approximate surface area is 141 Å². The Hall–Kier alpha value is -2.63. The van der Waals surface area contributed by atoms with E-state index in [1.807, 2.05) is 26.0 Å². The van der Waals surface area contributed by atoms with Gasteiger partial charge in [0.2, 0.25) is 5.91 Å². The topological polar surface area (TPSA) is 81.4 Å². The standard InChI is InChI=1S/C18H22N2O4/c1-11(2)16(13-5-7-19-8-6-13)17(21)20-10-14-9-15(12(3)24-14)18(22)23-4/h5-9,11,16H,10H2,1-4H3,(H,20,21). The molecule has 0 aromatic carbocycles. The van der Waals surface area contributed by atoms with Gasteiger partial charge in [0.05, 0.1) is 19.6 Å². The van der Waals surface area contributed by atoms with E-state index in [0.717, 1.165) is 5.56 Å². The minimum Gasteiger partial charge on any atom is -0.465 e. The van der Waals surface area contributed by atoms with E-state index in [1.54, 1.807) is 25.4 Å². The number of pyridine rings is 1. The van der Waals surface area contributed by atoms with E-state index in [0.29, 0.717) is 17.1 Å². The van der Waals surface area contributed by atoms with Crippen LogP contribution in [0.5, 0.6) is 0 Å². The maximum absolute atomic E-state index is 12.6. The highest BCUT2D eigenvalue weighted by Gasteiger charge is 2.24. The molecule has 0 aliphatic carbocycles. The molecular weight excluding hydrogens is 308 g/mol. The second-order valence-corrected chi connectivity index (χ2v) is 5.89. The number of carbonyl (C=O) groups excluding carboxylic acids is 2. The highest BCUT2D eigenvalue weighted by Crippen LogP contribution is 2.24. The molecule has 0 fully saturated rings. The summed E-state index contributed by atoms with van der Waals surface area (Å²) in [7, 11) is 1.32. The second kappa shape index (κ2) is 7.77. The molecule has 0 saturated carbocycles. The third kappa shape index (κ3) is 4.01. The largest absolute Gasteiger partial charge is 0.465 e. The van der Waals surface area contributed by atoms with Gasteiger partial charge in [-0.15, -0.1) is 0 Å². The van der Waals surface area contributed by atoms with Crippen LogP contribution >= 0.6 is 0 Å². The Morgan fingerprint density at radius 2 is 1.96 bits per heavy atom. The van der Waals surface area contributed by atoms with Crippen molar-refractivity contribution in [2.75, 3.05) is 7.11 Å². The van der Waals surface area contributed by atoms with Gasteiger partial charge >= 0.3 is 5.97 Å². The van der Waals surface area contributed by atoms with Crippen LogP contribution in [0.25, 0.3) is 0 Å². The van der Waals surface area contributed by atoms with Crippen molar-refractivity contribution in [2.24, 2.45) is 5.92 Å². The van der Waals surface area contributed by atoms with Gasteiger partial charge in [-0.3, -0.25) is 9.78 Å². The molecule has 2 aromatic rings. The quantitative estimate of drug-likeness (QED) is 0.824. The Kier molecular flexibility index (Phi) is 5.73. The molecule has 24 heavy (non-hydrogen) atoms. The fourth-order valence-corrected chi connectivity index (χ4v) is 2.64. The lowest BCUT2D eigenvalue weighted by Gasteiger charge is -2.20. The number of hydrogen-bond acceptors (Lipinski definition) is 5. The molecule has 6 heteroatoms. The fourth-order valence-electron chi connectivity index (χ4n) is 2.64. The predicted octanol–water partition coefficient (Wildman–Crippen LogP) is 2.83. The normalized spacial score (nSPS) is 12.0. The maximum Gasteiger partial charge on any atom is 0.341 e. The van der Waals surface area contributed by atoms with Gasteiger partial charge in [0.1, 0.15) is 17.1 Å². The van der Waals surface area contributed by atoms with Gasteiger partial charge in [-0.05, 0) is 36.6 Å². The highest BCUT2D eigenvalue weighted by molar-refractivity contribution is 5.90. The van der Waals surface area contributed by atoms with Crippen molar-refractivity contribution in [1.29, 1.82) is 0 Å². The molecule has 0 bridgehead atoms. The maximum atomic E-state index is 12.6. The summed E-state index contributed by atoms with van der Waals surface area (Å²) >= 11 is 0. The average Bonchev–Trinajstić information content (AvgIpc) is 2.94. The summed E-state index contributed by atoms with van der Waals surface area (Å²) in [6.07, 6.45) is 3.35. The Morgan fingerprint density at radius 3 is 2.54 bits per heavy atom. The summed E-state index contributed by atoms with van der Waals surface area (Å²) in [6.45, 7) is 5.89. The lowest BCUT2D eigenvalue weighted by Crippen LogP contribution is -2.31. The number of esters is 1. The number of carbonyl (C=O) groups is 2. The van der Waals surface area contributed by atoms with Crippen LogP contribution in [0.15, 0.2) is 35.0 Å². The molecule has 1 N–H and O–H groups in total. The molecule has 0 spiro atoms. The Balaban J connectivity index is 2.08. The van der Waals surface area contributed by atoms with Crippen molar-refractivity contribution in [2.45, 2.75) is 33.2 Å². The number of rotatable bonds is 6. The van der Waals surface area contributed by atoms with E-state index < -0.39 is 5.97 Å². The first kappa shape index (κ1) is 17.7. The molecule has 2 aromatic heterocycles. The zero-order valence-electron chi connectivity index (χ0n) is 14.3. The van der Waals surface area contributed by atoms with Crippen LogP contribution in [-0.4, -0.2) is 24.0 Å². The number of hydrogen-bond donors (Lipinski definition) is 1. The number of ether oxygens (including phenoxy) is 1. The molecule has 2 heterocycles. The van der Waals surface area contributed by atoms with Crippen LogP contribution in [0, 0.1) is 12.8 Å². The van der Waals surface area contributed by atoms with Crippen molar-refractivity contribution >= 4 is 11.9 Å². The van der Waals surface area contributed by atoms with Crippen molar-refractivity contribution < 1.29 is 18.7 Å². The van der Waals surface area contributed by atoms with Crippen molar-refractivity contribution in [1.82, 2.24) is 10.3 Å². The molecule has 6 nitrogen and oxygen atoms in total. The molecule has 1 amide bonds. The number of nitrogens with one attached hydrogen (secondary N) is 1. The molecular formula is C18H22N2O4. The molecule has 128 valence electrons. The first-order valence-electron chi connectivity index (χ1n) is 7.79. The van der Waals surface area contributed by atoms with E-state index in [-0.39, 0.29) is 24.3 Å². The van der Waals surface area contributed by atoms with Gasteiger partial charge in [-0.25, -0.2) is 4.79 Å². The molecule has 1 atom stereocenters. The summed E-state index contributed by atoms with van der Waals surface area (Å²) < 4.78 is 10.2. The molecule has 1 unspecified atom stereocenters. The molecule has 0 aliphatic heterocycles. The number of aromatic nitrogens is 1. The minimum atomic E-state index is -0.453. The first-order valence-corrected chi connectivity index (χ1v) is 7.79. The molecule has 2 rings (SSSR count). The summed E-state index contributed by atoms with van der Waals surface area (Å²) in [5.74, 6) is 0.301. The summed E-state index contributed by atoms with van der Waals surface area (Å²) in [5.41, 5.74) is 1.29. The van der Waals surface area contributed by atoms with Crippen LogP contribution < -0.4 is 5.32 Å². The molecule has 0 radical (unpaired) electrons. The van der Waals surface area contributed by atoms with E-state index in [9.17, 15) is 9.59 Å². The lowest BCUT2D eigenvalue weighted by atomic mass is 9.88. The molecule has 0 aliphatic rings. The first-order chi connectivity index (χ1) is 11.4. The molecule has 0 saturated heterocycles. The van der Waals surface area contributed by atoms with Crippen LogP contribution in [0.3, 0.4) is 0 Å². The second-order valence-electron chi connectivity index (χ2n) is 5.89. The van der Waals surface area contributed by atoms with Crippen molar-refractivity contribution in [3.05, 3.63) is 53.2 Å². The van der Waals surface area contributed by atoms with E-state index in [4.69, 9.17) is 9.15 Å². The van der Waals surface area contributed by atoms with E-state index in [1.165, 1.54) is 7.11 Å². The van der Waals surface area contributed by atoms with Gasteiger partial charge in [0.15, 0.2) is 0 Å². The average molecular weight is 330 g/mol. The Bertz CT molecular complexity index is 707. The van der Waals surface area contributed by atoms with Crippen molar-refractivity contribution in [3.8, 4) is 0 Å². The van der Waals surface area contributed by atoms with Crippen molar-refractivity contribution in [3.63, 3.8) is 0 Å². The monoisotopic (exact) mass is 330 g/mol. The van der Waals surface area contributed by atoms with Gasteiger partial charge in [-0.1, -0.05) is 13.8 Å². The predicted molar refractivity (Wildman–Crippen MR) is 88.4 cm³/mol. The van der Waals surface area contributed by atoms with Gasteiger partial charge in [0, 0.05) is 12.4 Å². The van der Waals surface area contributed by atoms with Crippen LogP contribution in [0.2, 0.25) is 0 Å². The third-order valence-corrected chi connectivity index (χ3v) is 3.83. The number of amides is 1. The van der Waals surface area contributed by atoms with Crippen LogP contribution in [0.4, 0.5) is 0 Å². The van der Waals surface area contributed by atoms with E-state index in [2.05, 4.69) is 10.3 Å². The zero-order valence-corrected chi connectivity index (χ0v) is 14.3. The van der Waals surface area contributed by atoms with E-state index >= 15 is 0 Å². The van der Waals surface area contributed by atoms with Gasteiger partial charge in [-0.2, -0.15) is 0 Å². The Morgan fingerprint density at radius 1 is 1.29 bits per heavy atom. The smallest absolute Gasteiger partial charge is 0.341 e. The summed E-state index contributed by atoms with van der Waals surface area (Å²) in [6, 6.07) is 5.28. The van der Waals surface area contributed by atoms with Gasteiger partial charge in [0.25, 0.3) is 0 Å². The summed E-state index contributed by atoms with van der Waals surface area (Å²) in [4.78, 5) is 28.2. The van der Waals surface area contributed by atoms with Crippen LogP contribution in [0.1, 0.15) is 47.2 Å². The fraction of sp³-hybridized carbons (Fsp3) is 0.389. The minimum absolute atomic E-state index is 0.0927. The SMILES string of the molecule is COC(=O)c1cc(CNC(=O)C(c2ccncc2)C(C)C)oc1C. The number of aryl methyl sites for hydroxylation is 1. The number of furan rings is 1. The number of nitrogens with zero attached hydrogens (tertiary/aromatic N) is 1. The third-order valence-electron chi connectivity index (χ3n) is 3.83. The number of methoxy groups -OCH3 is 1. The van der Waals surface area contributed by atoms with Gasteiger partial charge < -0.3 is 14.5 Å². The summed E-state index contributed by atoms with van der Waals surface area (Å²) in [5, 5.41) is 2.87. The lowest BCUT2D eigenvalue weighted by molar-refractivity contribution is -0.123.